The van der Waals surface area contributed by atoms with Gasteiger partial charge in [0.2, 0.25) is 0 Å². The van der Waals surface area contributed by atoms with E-state index in [1.807, 2.05) is 41.5 Å². The Kier molecular flexibility index (Phi) is 15.3. The molecule has 7 nitrogen and oxygen atoms in total. The Balaban J connectivity index is 0.00000125. The zero-order valence-electron chi connectivity index (χ0n) is 17.0. The molecular formula is C16H39NO6Si2. The number of nitrogens with one attached hydrogen (secondary N) is 1. The topological polar surface area (TPSA) is 67.4 Å². The highest BCUT2D eigenvalue weighted by atomic mass is 28.5. The number of hydrogen-bond acceptors (Lipinski definition) is 7. The van der Waals surface area contributed by atoms with Crippen molar-refractivity contribution in [3.05, 3.63) is 0 Å². The lowest BCUT2D eigenvalue weighted by molar-refractivity contribution is 0.0307. The third-order valence-electron chi connectivity index (χ3n) is 3.31. The second-order valence-corrected chi connectivity index (χ2v) is 10.2. The predicted molar refractivity (Wildman–Crippen MR) is 103 cm³/mol. The van der Waals surface area contributed by atoms with Crippen molar-refractivity contribution in [2.75, 3.05) is 39.6 Å². The monoisotopic (exact) mass is 397 g/mol. The predicted octanol–water partition coefficient (Wildman–Crippen LogP) is 3.23. The molecule has 1 N–H and O–H groups in total. The van der Waals surface area contributed by atoms with Crippen LogP contribution in [-0.2, 0) is 26.6 Å². The van der Waals surface area contributed by atoms with Crippen LogP contribution in [0.2, 0.25) is 0 Å². The fraction of sp³-hybridized carbons (Fsp3) is 1.00. The van der Waals surface area contributed by atoms with Gasteiger partial charge in [0.15, 0.2) is 0 Å². The van der Waals surface area contributed by atoms with Crippen LogP contribution in [0.3, 0.4) is 0 Å². The fourth-order valence-electron chi connectivity index (χ4n) is 2.04. The van der Waals surface area contributed by atoms with Gasteiger partial charge in [-0.05, 0) is 41.5 Å². The first kappa shape index (κ1) is 25.2. The molecule has 1 aliphatic carbocycles. The summed E-state index contributed by atoms with van der Waals surface area (Å²) in [5, 5.41) is 0. The molecule has 0 aliphatic heterocycles. The molecule has 0 aromatic heterocycles. The zero-order chi connectivity index (χ0) is 19.0. The molecule has 25 heavy (non-hydrogen) atoms. The molecule has 0 unspecified atom stereocenters. The molecule has 0 spiro atoms. The Hall–Kier alpha value is 0.154. The molecule has 0 amide bonds. The van der Waals surface area contributed by atoms with Gasteiger partial charge in [0.05, 0.1) is 0 Å². The first-order valence-corrected chi connectivity index (χ1v) is 13.1. The van der Waals surface area contributed by atoms with E-state index < -0.39 is 17.9 Å². The molecule has 1 saturated carbocycles. The molecule has 0 heterocycles. The van der Waals surface area contributed by atoms with Gasteiger partial charge < -0.3 is 26.6 Å². The molecule has 9 heteroatoms. The molecule has 0 radical (unpaired) electrons. The Morgan fingerprint density at radius 1 is 0.480 bits per heavy atom. The minimum atomic E-state index is -3.11. The summed E-state index contributed by atoms with van der Waals surface area (Å²) in [6.07, 6.45) is 6.00. The second-order valence-electron chi connectivity index (χ2n) is 5.25. The zero-order valence-corrected chi connectivity index (χ0v) is 19.0. The lowest BCUT2D eigenvalue weighted by atomic mass is 10.0. The Labute approximate surface area is 156 Å². The SMILES string of the molecule is C1CCC1.CCO[Si](N[Si](OCC)(OCC)OCC)(OCC)OCC. The molecule has 1 aliphatic rings. The summed E-state index contributed by atoms with van der Waals surface area (Å²) in [4.78, 5) is 0. The fourth-order valence-corrected chi connectivity index (χ4v) is 8.06. The third-order valence-corrected chi connectivity index (χ3v) is 9.77. The van der Waals surface area contributed by atoms with Crippen LogP contribution in [0, 0.1) is 0 Å². The van der Waals surface area contributed by atoms with E-state index in [-0.39, 0.29) is 0 Å². The van der Waals surface area contributed by atoms with Crippen LogP contribution < -0.4 is 4.65 Å². The lowest BCUT2D eigenvalue weighted by Gasteiger charge is -2.36. The van der Waals surface area contributed by atoms with Gasteiger partial charge >= 0.3 is 17.9 Å². The van der Waals surface area contributed by atoms with Crippen LogP contribution in [0.25, 0.3) is 0 Å². The van der Waals surface area contributed by atoms with E-state index in [0.717, 1.165) is 0 Å². The van der Waals surface area contributed by atoms with Gasteiger partial charge in [-0.1, -0.05) is 25.7 Å². The standard InChI is InChI=1S/C12H31NO6Si2.C4H8/c1-7-14-20(15-8-2,16-9-3)13-21(17-10-4,18-11-5)19-12-6;1-2-4-3-1/h13H,7-12H2,1-6H3;1-4H2. The smallest absolute Gasteiger partial charge is 0.362 e. The second kappa shape index (κ2) is 15.2. The normalized spacial score (nSPS) is 14.6. The molecule has 0 aromatic rings. The highest BCUT2D eigenvalue weighted by Gasteiger charge is 2.56. The van der Waals surface area contributed by atoms with Crippen LogP contribution in [0.1, 0.15) is 67.2 Å². The molecular weight excluding hydrogens is 358 g/mol. The highest BCUT2D eigenvalue weighted by molar-refractivity contribution is 6.75. The minimum Gasteiger partial charge on any atom is -0.362 e. The van der Waals surface area contributed by atoms with E-state index >= 15 is 0 Å². The number of rotatable bonds is 14. The van der Waals surface area contributed by atoms with Gasteiger partial charge in [-0.25, -0.2) is 4.65 Å². The van der Waals surface area contributed by atoms with Gasteiger partial charge in [0.1, 0.15) is 0 Å². The summed E-state index contributed by atoms with van der Waals surface area (Å²) in [5.41, 5.74) is 0. The molecule has 1 fully saturated rings. The molecule has 0 bridgehead atoms. The average molecular weight is 398 g/mol. The van der Waals surface area contributed by atoms with E-state index in [0.29, 0.717) is 39.6 Å². The van der Waals surface area contributed by atoms with E-state index in [1.54, 1.807) is 0 Å². The molecule has 0 aromatic carbocycles. The van der Waals surface area contributed by atoms with Crippen molar-refractivity contribution < 1.29 is 26.6 Å². The van der Waals surface area contributed by atoms with Crippen LogP contribution >= 0.6 is 0 Å². The summed E-state index contributed by atoms with van der Waals surface area (Å²) in [7, 11) is -6.21. The first-order valence-electron chi connectivity index (χ1n) is 9.70. The summed E-state index contributed by atoms with van der Waals surface area (Å²) in [6.45, 7) is 14.2. The van der Waals surface area contributed by atoms with Crippen molar-refractivity contribution in [2.45, 2.75) is 67.2 Å². The van der Waals surface area contributed by atoms with Crippen LogP contribution in [0.15, 0.2) is 0 Å². The van der Waals surface area contributed by atoms with Gasteiger partial charge in [-0.2, -0.15) is 0 Å². The quantitative estimate of drug-likeness (QED) is 0.451. The Bertz CT molecular complexity index is 246. The summed E-state index contributed by atoms with van der Waals surface area (Å²) in [6, 6.07) is 0. The van der Waals surface area contributed by atoms with Crippen molar-refractivity contribution in [2.24, 2.45) is 0 Å². The van der Waals surface area contributed by atoms with Crippen molar-refractivity contribution in [3.8, 4) is 0 Å². The minimum absolute atomic E-state index is 0.466. The van der Waals surface area contributed by atoms with E-state index in [4.69, 9.17) is 26.6 Å². The van der Waals surface area contributed by atoms with Crippen molar-refractivity contribution >= 4 is 17.9 Å². The maximum atomic E-state index is 5.78. The molecule has 0 atom stereocenters. The maximum Gasteiger partial charge on any atom is 0.595 e. The molecule has 0 saturated heterocycles. The summed E-state index contributed by atoms with van der Waals surface area (Å²) < 4.78 is 37.9. The third kappa shape index (κ3) is 10.2. The van der Waals surface area contributed by atoms with Crippen LogP contribution in [-0.4, -0.2) is 57.6 Å². The lowest BCUT2D eigenvalue weighted by Crippen LogP contribution is -2.73. The van der Waals surface area contributed by atoms with Gasteiger partial charge in [-0.15, -0.1) is 0 Å². The summed E-state index contributed by atoms with van der Waals surface area (Å²) >= 11 is 0. The van der Waals surface area contributed by atoms with Crippen LogP contribution in [0.4, 0.5) is 0 Å². The van der Waals surface area contributed by atoms with Crippen molar-refractivity contribution in [1.82, 2.24) is 4.65 Å². The van der Waals surface area contributed by atoms with E-state index in [1.165, 1.54) is 25.7 Å². The molecule has 152 valence electrons. The van der Waals surface area contributed by atoms with Crippen molar-refractivity contribution in [3.63, 3.8) is 0 Å². The highest BCUT2D eigenvalue weighted by Crippen LogP contribution is 2.15. The largest absolute Gasteiger partial charge is 0.595 e. The van der Waals surface area contributed by atoms with Gasteiger partial charge in [0, 0.05) is 39.6 Å². The molecule has 1 rings (SSSR count). The van der Waals surface area contributed by atoms with Crippen LogP contribution in [0.5, 0.6) is 0 Å². The maximum absolute atomic E-state index is 5.78. The van der Waals surface area contributed by atoms with E-state index in [2.05, 4.69) is 4.65 Å². The van der Waals surface area contributed by atoms with Gasteiger partial charge in [0.25, 0.3) is 0 Å². The summed E-state index contributed by atoms with van der Waals surface area (Å²) in [5.74, 6) is 0. The Morgan fingerprint density at radius 3 is 0.800 bits per heavy atom. The number of hydrogen-bond donors (Lipinski definition) is 1. The Morgan fingerprint density at radius 2 is 0.680 bits per heavy atom. The van der Waals surface area contributed by atoms with Gasteiger partial charge in [-0.3, -0.25) is 0 Å². The van der Waals surface area contributed by atoms with E-state index in [9.17, 15) is 0 Å². The average Bonchev–Trinajstić information content (AvgIpc) is 2.47. The van der Waals surface area contributed by atoms with Crippen molar-refractivity contribution in [1.29, 1.82) is 0 Å². The first-order chi connectivity index (χ1) is 12.1.